The fraction of sp³-hybridized carbons (Fsp3) is 0.421. The van der Waals surface area contributed by atoms with E-state index in [1.54, 1.807) is 39.0 Å². The Bertz CT molecular complexity index is 1070. The third kappa shape index (κ3) is 4.98. The van der Waals surface area contributed by atoms with E-state index in [0.717, 1.165) is 0 Å². The van der Waals surface area contributed by atoms with Crippen molar-refractivity contribution in [3.05, 3.63) is 51.2 Å². The molecule has 1 heterocycles. The van der Waals surface area contributed by atoms with Gasteiger partial charge >= 0.3 is 0 Å². The third-order valence-electron chi connectivity index (χ3n) is 4.17. The van der Waals surface area contributed by atoms with Gasteiger partial charge in [-0.1, -0.05) is 20.8 Å². The largest absolute Gasteiger partial charge is 0.322 e. The highest BCUT2D eigenvalue weighted by molar-refractivity contribution is 7.92. The zero-order valence-corrected chi connectivity index (χ0v) is 17.7. The van der Waals surface area contributed by atoms with Crippen LogP contribution >= 0.6 is 0 Å². The molecule has 0 atom stereocenters. The van der Waals surface area contributed by atoms with Gasteiger partial charge in [-0.3, -0.25) is 14.3 Å². The van der Waals surface area contributed by atoms with E-state index in [-0.39, 0.29) is 16.7 Å². The Hall–Kier alpha value is -2.68. The molecule has 1 amide bonds. The minimum Gasteiger partial charge on any atom is -0.322 e. The number of rotatable bonds is 5. The SMILES string of the molecule is CCS(=O)(=O)Nc1ccc(NC(=O)c2c(C)nc(C(C)(C)C)[nH]c2=O)cc1C. The lowest BCUT2D eigenvalue weighted by atomic mass is 9.95. The number of nitrogens with zero attached hydrogens (tertiary/aromatic N) is 1. The minimum atomic E-state index is -3.39. The normalized spacial score (nSPS) is 11.9. The molecule has 2 aromatic rings. The van der Waals surface area contributed by atoms with Crippen molar-refractivity contribution in [2.24, 2.45) is 0 Å². The molecular formula is C19H26N4O4S. The summed E-state index contributed by atoms with van der Waals surface area (Å²) in [4.78, 5) is 32.1. The Morgan fingerprint density at radius 2 is 1.86 bits per heavy atom. The first-order valence-corrected chi connectivity index (χ1v) is 10.5. The van der Waals surface area contributed by atoms with E-state index in [1.807, 2.05) is 20.8 Å². The van der Waals surface area contributed by atoms with Gasteiger partial charge in [0, 0.05) is 11.1 Å². The smallest absolute Gasteiger partial charge is 0.264 e. The lowest BCUT2D eigenvalue weighted by Gasteiger charge is -2.18. The van der Waals surface area contributed by atoms with Crippen molar-refractivity contribution in [2.75, 3.05) is 15.8 Å². The molecule has 0 saturated heterocycles. The van der Waals surface area contributed by atoms with Crippen LogP contribution in [0.25, 0.3) is 0 Å². The molecule has 152 valence electrons. The fourth-order valence-corrected chi connectivity index (χ4v) is 3.21. The number of anilines is 2. The predicted octanol–water partition coefficient (Wildman–Crippen LogP) is 2.70. The highest BCUT2D eigenvalue weighted by atomic mass is 32.2. The van der Waals surface area contributed by atoms with Gasteiger partial charge in [-0.25, -0.2) is 13.4 Å². The summed E-state index contributed by atoms with van der Waals surface area (Å²) in [7, 11) is -3.39. The van der Waals surface area contributed by atoms with Crippen molar-refractivity contribution < 1.29 is 13.2 Å². The van der Waals surface area contributed by atoms with E-state index in [9.17, 15) is 18.0 Å². The molecule has 0 aliphatic heterocycles. The first-order valence-electron chi connectivity index (χ1n) is 8.88. The summed E-state index contributed by atoms with van der Waals surface area (Å²) in [5.41, 5.74) is 0.959. The molecule has 9 heteroatoms. The van der Waals surface area contributed by atoms with Crippen LogP contribution in [0.4, 0.5) is 11.4 Å². The summed E-state index contributed by atoms with van der Waals surface area (Å²) in [5, 5.41) is 2.67. The number of H-pyrrole nitrogens is 1. The lowest BCUT2D eigenvalue weighted by Crippen LogP contribution is -2.30. The van der Waals surface area contributed by atoms with Crippen molar-refractivity contribution >= 4 is 27.3 Å². The summed E-state index contributed by atoms with van der Waals surface area (Å²) in [6.07, 6.45) is 0. The first-order chi connectivity index (χ1) is 12.8. The first kappa shape index (κ1) is 21.6. The Balaban J connectivity index is 2.29. The maximum Gasteiger partial charge on any atom is 0.264 e. The number of hydrogen-bond acceptors (Lipinski definition) is 5. The van der Waals surface area contributed by atoms with Gasteiger partial charge in [-0.2, -0.15) is 0 Å². The van der Waals surface area contributed by atoms with Crippen LogP contribution in [0.5, 0.6) is 0 Å². The second-order valence-corrected chi connectivity index (χ2v) is 9.63. The maximum absolute atomic E-state index is 12.6. The van der Waals surface area contributed by atoms with Crippen LogP contribution in [0.3, 0.4) is 0 Å². The molecule has 28 heavy (non-hydrogen) atoms. The average Bonchev–Trinajstić information content (AvgIpc) is 2.56. The Kier molecular flexibility index (Phi) is 5.98. The van der Waals surface area contributed by atoms with Crippen LogP contribution in [-0.4, -0.2) is 30.0 Å². The van der Waals surface area contributed by atoms with Crippen molar-refractivity contribution in [2.45, 2.75) is 47.0 Å². The van der Waals surface area contributed by atoms with E-state index in [0.29, 0.717) is 28.5 Å². The number of amides is 1. The summed E-state index contributed by atoms with van der Waals surface area (Å²) in [5.74, 6) is -0.104. The Labute approximate surface area is 164 Å². The van der Waals surface area contributed by atoms with Crippen LogP contribution in [0, 0.1) is 13.8 Å². The number of aryl methyl sites for hydroxylation is 2. The quantitative estimate of drug-likeness (QED) is 0.705. The Morgan fingerprint density at radius 1 is 1.21 bits per heavy atom. The standard InChI is InChI=1S/C19H26N4O4S/c1-7-28(26,27)23-14-9-8-13(10-11(14)2)21-16(24)15-12(3)20-18(19(4,5)6)22-17(15)25/h8-10,23H,7H2,1-6H3,(H,21,24)(H,20,22,25). The van der Waals surface area contributed by atoms with Gasteiger partial charge < -0.3 is 10.3 Å². The number of nitrogens with one attached hydrogen (secondary N) is 3. The summed E-state index contributed by atoms with van der Waals surface area (Å²) >= 11 is 0. The monoisotopic (exact) mass is 406 g/mol. The summed E-state index contributed by atoms with van der Waals surface area (Å²) in [6, 6.07) is 4.76. The molecular weight excluding hydrogens is 380 g/mol. The van der Waals surface area contributed by atoms with E-state index >= 15 is 0 Å². The van der Waals surface area contributed by atoms with Crippen LogP contribution in [0.2, 0.25) is 0 Å². The fourth-order valence-electron chi connectivity index (χ4n) is 2.50. The zero-order valence-electron chi connectivity index (χ0n) is 16.9. The molecule has 0 saturated carbocycles. The maximum atomic E-state index is 12.6. The van der Waals surface area contributed by atoms with Gasteiger partial charge in [0.2, 0.25) is 10.0 Å². The van der Waals surface area contributed by atoms with Gasteiger partial charge in [-0.05, 0) is 44.5 Å². The summed E-state index contributed by atoms with van der Waals surface area (Å²) in [6.45, 7) is 10.6. The topological polar surface area (TPSA) is 121 Å². The second kappa shape index (κ2) is 7.75. The van der Waals surface area contributed by atoms with Crippen molar-refractivity contribution in [3.8, 4) is 0 Å². The Morgan fingerprint density at radius 3 is 2.36 bits per heavy atom. The zero-order chi connectivity index (χ0) is 21.3. The lowest BCUT2D eigenvalue weighted by molar-refractivity contribution is 0.102. The van der Waals surface area contributed by atoms with E-state index in [1.165, 1.54) is 0 Å². The molecule has 0 bridgehead atoms. The number of carbonyl (C=O) groups excluding carboxylic acids is 1. The molecule has 0 aliphatic carbocycles. The predicted molar refractivity (Wildman–Crippen MR) is 111 cm³/mol. The van der Waals surface area contributed by atoms with Crippen LogP contribution in [0.1, 0.15) is 55.1 Å². The third-order valence-corrected chi connectivity index (χ3v) is 5.46. The van der Waals surface area contributed by atoms with E-state index < -0.39 is 21.5 Å². The van der Waals surface area contributed by atoms with Gasteiger partial charge in [0.05, 0.1) is 17.1 Å². The molecule has 1 aromatic carbocycles. The van der Waals surface area contributed by atoms with E-state index in [2.05, 4.69) is 20.0 Å². The van der Waals surface area contributed by atoms with Crippen LogP contribution in [0.15, 0.2) is 23.0 Å². The van der Waals surface area contributed by atoms with Gasteiger partial charge in [0.25, 0.3) is 11.5 Å². The molecule has 2 rings (SSSR count). The van der Waals surface area contributed by atoms with Gasteiger partial charge in [0.15, 0.2) is 0 Å². The second-order valence-electron chi connectivity index (χ2n) is 7.61. The highest BCUT2D eigenvalue weighted by Gasteiger charge is 2.22. The van der Waals surface area contributed by atoms with Crippen molar-refractivity contribution in [3.63, 3.8) is 0 Å². The van der Waals surface area contributed by atoms with E-state index in [4.69, 9.17) is 0 Å². The highest BCUT2D eigenvalue weighted by Crippen LogP contribution is 2.22. The number of benzene rings is 1. The van der Waals surface area contributed by atoms with Crippen molar-refractivity contribution in [1.29, 1.82) is 0 Å². The molecule has 0 fully saturated rings. The number of sulfonamides is 1. The molecule has 0 aliphatic rings. The van der Waals surface area contributed by atoms with Gasteiger partial charge in [0.1, 0.15) is 11.4 Å². The molecule has 0 unspecified atom stereocenters. The molecule has 1 aromatic heterocycles. The number of aromatic amines is 1. The van der Waals surface area contributed by atoms with Gasteiger partial charge in [-0.15, -0.1) is 0 Å². The molecule has 0 spiro atoms. The molecule has 8 nitrogen and oxygen atoms in total. The molecule has 3 N–H and O–H groups in total. The summed E-state index contributed by atoms with van der Waals surface area (Å²) < 4.78 is 25.9. The average molecular weight is 407 g/mol. The van der Waals surface area contributed by atoms with Crippen LogP contribution < -0.4 is 15.6 Å². The number of aromatic nitrogens is 2. The number of carbonyl (C=O) groups is 1. The minimum absolute atomic E-state index is 0.0372. The number of hydrogen-bond donors (Lipinski definition) is 3. The van der Waals surface area contributed by atoms with Crippen molar-refractivity contribution in [1.82, 2.24) is 9.97 Å². The van der Waals surface area contributed by atoms with Crippen LogP contribution in [-0.2, 0) is 15.4 Å². The molecule has 0 radical (unpaired) electrons.